The number of ketones is 1. The lowest BCUT2D eigenvalue weighted by Crippen LogP contribution is -2.79. The molecule has 9 rings (SSSR count). The number of carbonyl (C=O) groups is 3. The van der Waals surface area contributed by atoms with E-state index in [0.717, 1.165) is 5.56 Å². The number of carbonyl (C=O) groups excluding carboxylic acids is 3. The summed E-state index contributed by atoms with van der Waals surface area (Å²) in [7, 11) is 0. The Morgan fingerprint density at radius 2 is 1.86 bits per heavy atom. The highest BCUT2D eigenvalue weighted by atomic mass is 16.7. The smallest absolute Gasteiger partial charge is 0.339 e. The van der Waals surface area contributed by atoms with Crippen molar-refractivity contribution in [3.05, 3.63) is 36.3 Å². The van der Waals surface area contributed by atoms with Crippen molar-refractivity contribution in [2.24, 2.45) is 27.6 Å². The van der Waals surface area contributed by atoms with Gasteiger partial charge in [0, 0.05) is 16.4 Å². The van der Waals surface area contributed by atoms with Crippen LogP contribution in [0.25, 0.3) is 0 Å². The number of Topliss-reactive ketones (excluding diaryl/α,β-unsaturated/α-hetero) is 1. The Labute approximate surface area is 213 Å². The Balaban J connectivity index is 1.40. The molecule has 2 saturated carbocycles. The van der Waals surface area contributed by atoms with Crippen LogP contribution < -0.4 is 0 Å². The Morgan fingerprint density at radius 1 is 1.05 bits per heavy atom. The average molecular weight is 511 g/mol. The van der Waals surface area contributed by atoms with E-state index in [1.807, 2.05) is 32.9 Å². The van der Waals surface area contributed by atoms with Gasteiger partial charge in [0.2, 0.25) is 0 Å². The fourth-order valence-electron chi connectivity index (χ4n) is 10.5. The second kappa shape index (κ2) is 6.21. The summed E-state index contributed by atoms with van der Waals surface area (Å²) in [4.78, 5) is 40.5. The first-order chi connectivity index (χ1) is 17.5. The highest BCUT2D eigenvalue weighted by Crippen LogP contribution is 2.84. The molecule has 8 aliphatic rings. The van der Waals surface area contributed by atoms with Crippen LogP contribution in [0.5, 0.6) is 0 Å². The van der Waals surface area contributed by atoms with Crippen LogP contribution in [-0.2, 0) is 33.3 Å². The molecule has 1 N–H and O–H groups in total. The number of rotatable bonds is 1. The zero-order valence-corrected chi connectivity index (χ0v) is 21.0. The zero-order chi connectivity index (χ0) is 25.8. The van der Waals surface area contributed by atoms with Crippen molar-refractivity contribution in [1.82, 2.24) is 0 Å². The largest absolute Gasteiger partial charge is 0.472 e. The minimum Gasteiger partial charge on any atom is -0.472 e. The summed E-state index contributed by atoms with van der Waals surface area (Å²) in [6.45, 7) is 5.82. The van der Waals surface area contributed by atoms with Crippen LogP contribution in [-0.4, -0.2) is 58.9 Å². The molecule has 196 valence electrons. The molecular weight excluding hydrogens is 480 g/mol. The van der Waals surface area contributed by atoms with E-state index in [1.165, 1.54) is 0 Å². The normalized spacial score (nSPS) is 54.2. The molecule has 5 heterocycles. The number of aliphatic hydroxyl groups excluding tert-OH is 1. The minimum atomic E-state index is -1.39. The molecule has 4 aliphatic heterocycles. The van der Waals surface area contributed by atoms with Gasteiger partial charge in [-0.2, -0.15) is 0 Å². The summed E-state index contributed by atoms with van der Waals surface area (Å²) < 4.78 is 30.1. The first-order valence-corrected chi connectivity index (χ1v) is 13.2. The molecule has 0 aromatic carbocycles. The SMILES string of the molecule is CC1(C)O[C@H]2CC(=O)OC[C@]23[C@H]2CC[C@@]4(C)[C@H](c5ccoc5)OC(=O)[C@H]5O[C@]54[C@@]24CC=C[C@@]13C(=O)[C@H]4O. The first-order valence-electron chi connectivity index (χ1n) is 13.2. The number of ether oxygens (including phenoxy) is 4. The van der Waals surface area contributed by atoms with Crippen LogP contribution in [0, 0.1) is 27.6 Å². The van der Waals surface area contributed by atoms with Gasteiger partial charge in [-0.15, -0.1) is 0 Å². The second-order valence-electron chi connectivity index (χ2n) is 12.9. The first kappa shape index (κ1) is 22.5. The number of furan rings is 1. The molecular formula is C28H30O9. The third-order valence-corrected chi connectivity index (χ3v) is 11.7. The Kier molecular flexibility index (Phi) is 3.78. The summed E-state index contributed by atoms with van der Waals surface area (Å²) in [5, 5.41) is 12.2. The molecule has 37 heavy (non-hydrogen) atoms. The van der Waals surface area contributed by atoms with Crippen molar-refractivity contribution < 1.29 is 42.9 Å². The minimum absolute atomic E-state index is 0.0300. The van der Waals surface area contributed by atoms with E-state index in [0.29, 0.717) is 19.3 Å². The molecule has 1 aromatic rings. The number of hydrogen-bond acceptors (Lipinski definition) is 9. The van der Waals surface area contributed by atoms with Crippen LogP contribution in [0.2, 0.25) is 0 Å². The van der Waals surface area contributed by atoms with Crippen LogP contribution >= 0.6 is 0 Å². The third-order valence-electron chi connectivity index (χ3n) is 11.7. The second-order valence-corrected chi connectivity index (χ2v) is 12.9. The molecule has 1 aromatic heterocycles. The fraction of sp³-hybridized carbons (Fsp3) is 0.679. The van der Waals surface area contributed by atoms with E-state index in [4.69, 9.17) is 23.4 Å². The Morgan fingerprint density at radius 3 is 2.62 bits per heavy atom. The van der Waals surface area contributed by atoms with Crippen LogP contribution in [0.4, 0.5) is 0 Å². The lowest BCUT2D eigenvalue weighted by atomic mass is 9.33. The summed E-state index contributed by atoms with van der Waals surface area (Å²) in [5.41, 5.74) is -5.28. The summed E-state index contributed by atoms with van der Waals surface area (Å²) >= 11 is 0. The predicted molar refractivity (Wildman–Crippen MR) is 123 cm³/mol. The van der Waals surface area contributed by atoms with Gasteiger partial charge in [0.15, 0.2) is 11.9 Å². The van der Waals surface area contributed by atoms with Gasteiger partial charge in [-0.05, 0) is 45.1 Å². The molecule has 10 atom stereocenters. The van der Waals surface area contributed by atoms with Crippen LogP contribution in [0.3, 0.4) is 0 Å². The monoisotopic (exact) mass is 510 g/mol. The number of allylic oxidation sites excluding steroid dienone is 1. The molecule has 2 bridgehead atoms. The van der Waals surface area contributed by atoms with E-state index in [-0.39, 0.29) is 30.7 Å². The van der Waals surface area contributed by atoms with Gasteiger partial charge >= 0.3 is 11.9 Å². The predicted octanol–water partition coefficient (Wildman–Crippen LogP) is 2.42. The van der Waals surface area contributed by atoms with Gasteiger partial charge in [0.25, 0.3) is 0 Å². The van der Waals surface area contributed by atoms with Crippen LogP contribution in [0.1, 0.15) is 58.1 Å². The maximum Gasteiger partial charge on any atom is 0.339 e. The number of epoxide rings is 1. The molecule has 6 fully saturated rings. The van der Waals surface area contributed by atoms with Gasteiger partial charge in [0.1, 0.15) is 24.4 Å². The number of aliphatic hydroxyl groups is 1. The van der Waals surface area contributed by atoms with Crippen molar-refractivity contribution in [3.8, 4) is 0 Å². The van der Waals surface area contributed by atoms with Gasteiger partial charge < -0.3 is 28.5 Å². The van der Waals surface area contributed by atoms with E-state index < -0.39 is 63.2 Å². The molecule has 9 nitrogen and oxygen atoms in total. The summed E-state index contributed by atoms with van der Waals surface area (Å²) in [6.07, 6.45) is 5.20. The molecule has 4 spiro atoms. The molecule has 9 heteroatoms. The van der Waals surface area contributed by atoms with Gasteiger partial charge in [-0.25, -0.2) is 4.79 Å². The summed E-state index contributed by atoms with van der Waals surface area (Å²) in [5.74, 6) is -1.48. The Bertz CT molecular complexity index is 1300. The average Bonchev–Trinajstić information content (AvgIpc) is 3.41. The number of cyclic esters (lactones) is 2. The van der Waals surface area contributed by atoms with E-state index >= 15 is 0 Å². The number of esters is 2. The highest BCUT2D eigenvalue weighted by molar-refractivity contribution is 5.97. The van der Waals surface area contributed by atoms with Crippen molar-refractivity contribution in [1.29, 1.82) is 0 Å². The highest BCUT2D eigenvalue weighted by Gasteiger charge is 2.94. The zero-order valence-electron chi connectivity index (χ0n) is 21.0. The standard InChI is InChI=1S/C28H30O9/c1-23(2)27-8-4-7-25(18(30)19(27)31)15(26(27)13-34-17(29)11-16(26)36-23)5-9-24(3)20(14-6-10-33-12-14)35-22(32)21-28(24,25)37-21/h4,6,8,10,12,15-16,18,20-21,30H,5,7,9,11,13H2,1-3H3/t15-,16-,18+,20-,21+,24-,25-,26-,27+,28+/m0/s1. The molecule has 0 radical (unpaired) electrons. The summed E-state index contributed by atoms with van der Waals surface area (Å²) in [6, 6.07) is 1.78. The Hall–Kier alpha value is -2.49. The van der Waals surface area contributed by atoms with Crippen molar-refractivity contribution in [2.45, 2.75) is 82.1 Å². The van der Waals surface area contributed by atoms with Crippen molar-refractivity contribution in [3.63, 3.8) is 0 Å². The fourth-order valence-corrected chi connectivity index (χ4v) is 10.5. The maximum atomic E-state index is 14.6. The molecule has 0 amide bonds. The third kappa shape index (κ3) is 1.95. The quantitative estimate of drug-likeness (QED) is 0.344. The lowest BCUT2D eigenvalue weighted by molar-refractivity contribution is -0.262. The number of fused-ring (bicyclic) bond motifs is 2. The van der Waals surface area contributed by atoms with E-state index in [9.17, 15) is 19.5 Å². The topological polar surface area (TPSA) is 125 Å². The molecule has 4 aliphatic carbocycles. The maximum absolute atomic E-state index is 14.6. The van der Waals surface area contributed by atoms with Crippen LogP contribution in [0.15, 0.2) is 35.2 Å². The lowest BCUT2D eigenvalue weighted by Gasteiger charge is -2.68. The van der Waals surface area contributed by atoms with E-state index in [1.54, 1.807) is 18.6 Å². The molecule has 4 saturated heterocycles. The van der Waals surface area contributed by atoms with Crippen molar-refractivity contribution in [2.75, 3.05) is 6.61 Å². The molecule has 0 unspecified atom stereocenters. The number of hydrogen-bond donors (Lipinski definition) is 1. The van der Waals surface area contributed by atoms with Crippen molar-refractivity contribution >= 4 is 17.7 Å². The van der Waals surface area contributed by atoms with E-state index in [2.05, 4.69) is 0 Å². The van der Waals surface area contributed by atoms with Gasteiger partial charge in [0.05, 0.1) is 41.5 Å². The van der Waals surface area contributed by atoms with Gasteiger partial charge in [-0.3, -0.25) is 9.59 Å². The van der Waals surface area contributed by atoms with Gasteiger partial charge in [-0.1, -0.05) is 19.1 Å².